The Labute approximate surface area is 259 Å². The van der Waals surface area contributed by atoms with Crippen LogP contribution in [-0.4, -0.2) is 4.98 Å². The van der Waals surface area contributed by atoms with Crippen molar-refractivity contribution in [2.45, 2.75) is 19.3 Å². The van der Waals surface area contributed by atoms with Crippen LogP contribution in [0.1, 0.15) is 25.0 Å². The van der Waals surface area contributed by atoms with E-state index in [1.165, 1.54) is 27.0 Å². The maximum absolute atomic E-state index is 6.35. The highest BCUT2D eigenvalue weighted by molar-refractivity contribution is 7.21. The van der Waals surface area contributed by atoms with Gasteiger partial charge in [-0.15, -0.1) is 11.3 Å². The van der Waals surface area contributed by atoms with Crippen molar-refractivity contribution in [1.82, 2.24) is 4.98 Å². The molecule has 4 heteroatoms. The van der Waals surface area contributed by atoms with Crippen molar-refractivity contribution in [1.29, 1.82) is 0 Å². The van der Waals surface area contributed by atoms with Crippen LogP contribution in [0, 0.1) is 0 Å². The van der Waals surface area contributed by atoms with Gasteiger partial charge in [-0.1, -0.05) is 92.7 Å². The van der Waals surface area contributed by atoms with Crippen LogP contribution in [0.5, 0.6) is 0 Å². The number of para-hydroxylation sites is 1. The summed E-state index contributed by atoms with van der Waals surface area (Å²) in [5, 5.41) is 3.29. The zero-order valence-corrected chi connectivity index (χ0v) is 25.2. The highest BCUT2D eigenvalue weighted by Gasteiger charge is 2.35. The van der Waals surface area contributed by atoms with Crippen LogP contribution in [0.25, 0.3) is 53.9 Å². The second-order valence-corrected chi connectivity index (χ2v) is 13.1. The van der Waals surface area contributed by atoms with Crippen LogP contribution in [0.3, 0.4) is 0 Å². The van der Waals surface area contributed by atoms with Crippen molar-refractivity contribution in [3.05, 3.63) is 145 Å². The predicted molar refractivity (Wildman–Crippen MR) is 185 cm³/mol. The van der Waals surface area contributed by atoms with Gasteiger partial charge in [-0.25, -0.2) is 4.98 Å². The number of aromatic nitrogens is 1. The van der Waals surface area contributed by atoms with E-state index in [2.05, 4.69) is 134 Å². The topological polar surface area (TPSA) is 29.3 Å². The zero-order chi connectivity index (χ0) is 29.4. The van der Waals surface area contributed by atoms with Crippen molar-refractivity contribution < 1.29 is 4.42 Å². The molecule has 210 valence electrons. The van der Waals surface area contributed by atoms with E-state index in [-0.39, 0.29) is 5.41 Å². The monoisotopic (exact) mass is 584 g/mol. The van der Waals surface area contributed by atoms with Gasteiger partial charge in [0.1, 0.15) is 16.2 Å². The van der Waals surface area contributed by atoms with Crippen LogP contribution in [0.2, 0.25) is 0 Å². The summed E-state index contributed by atoms with van der Waals surface area (Å²) in [5.41, 5.74) is 12.4. The summed E-state index contributed by atoms with van der Waals surface area (Å²) in [4.78, 5) is 7.41. The molecule has 0 aliphatic heterocycles. The second-order valence-electron chi connectivity index (χ2n) is 12.1. The molecule has 9 rings (SSSR count). The minimum Gasteiger partial charge on any atom is -0.456 e. The first kappa shape index (κ1) is 25.3. The molecular weight excluding hydrogens is 557 g/mol. The van der Waals surface area contributed by atoms with E-state index in [4.69, 9.17) is 9.40 Å². The number of nitrogens with zero attached hydrogens (tertiary/aromatic N) is 2. The van der Waals surface area contributed by atoms with Gasteiger partial charge in [0.25, 0.3) is 0 Å². The molecule has 44 heavy (non-hydrogen) atoms. The Morgan fingerprint density at radius 1 is 0.591 bits per heavy atom. The average Bonchev–Trinajstić information content (AvgIpc) is 3.72. The molecule has 0 bridgehead atoms. The van der Waals surface area contributed by atoms with Gasteiger partial charge in [0.2, 0.25) is 0 Å². The largest absolute Gasteiger partial charge is 0.456 e. The summed E-state index contributed by atoms with van der Waals surface area (Å²) in [5.74, 6) is 0. The van der Waals surface area contributed by atoms with Crippen LogP contribution in [0.4, 0.5) is 17.1 Å². The molecule has 8 aromatic rings. The van der Waals surface area contributed by atoms with Gasteiger partial charge < -0.3 is 9.32 Å². The molecule has 0 atom stereocenters. The smallest absolute Gasteiger partial charge is 0.137 e. The van der Waals surface area contributed by atoms with E-state index >= 15 is 0 Å². The van der Waals surface area contributed by atoms with Crippen LogP contribution in [0.15, 0.2) is 138 Å². The lowest BCUT2D eigenvalue weighted by molar-refractivity contribution is 0.660. The third kappa shape index (κ3) is 3.78. The summed E-state index contributed by atoms with van der Waals surface area (Å²) >= 11 is 1.73. The third-order valence-corrected chi connectivity index (χ3v) is 10.2. The lowest BCUT2D eigenvalue weighted by atomic mass is 9.82. The molecule has 3 nitrogen and oxygen atoms in total. The van der Waals surface area contributed by atoms with Crippen LogP contribution in [-0.2, 0) is 5.41 Å². The Morgan fingerprint density at radius 3 is 2.18 bits per heavy atom. The van der Waals surface area contributed by atoms with Gasteiger partial charge in [-0.05, 0) is 70.8 Å². The van der Waals surface area contributed by atoms with Crippen molar-refractivity contribution in [3.8, 4) is 21.7 Å². The molecule has 0 saturated carbocycles. The lowest BCUT2D eigenvalue weighted by Crippen LogP contribution is -2.16. The number of thiazole rings is 1. The molecule has 0 radical (unpaired) electrons. The van der Waals surface area contributed by atoms with Crippen molar-refractivity contribution in [3.63, 3.8) is 0 Å². The lowest BCUT2D eigenvalue weighted by Gasteiger charge is -2.28. The van der Waals surface area contributed by atoms with Crippen molar-refractivity contribution in [2.24, 2.45) is 0 Å². The summed E-state index contributed by atoms with van der Waals surface area (Å²) in [6, 6.07) is 47.6. The highest BCUT2D eigenvalue weighted by atomic mass is 32.1. The summed E-state index contributed by atoms with van der Waals surface area (Å²) in [6.07, 6.45) is 0. The van der Waals surface area contributed by atoms with Gasteiger partial charge >= 0.3 is 0 Å². The average molecular weight is 585 g/mol. The van der Waals surface area contributed by atoms with Crippen molar-refractivity contribution >= 4 is 60.6 Å². The molecule has 2 aromatic heterocycles. The fourth-order valence-corrected chi connectivity index (χ4v) is 7.84. The molecular formula is C40H28N2OS. The van der Waals surface area contributed by atoms with Crippen LogP contribution >= 0.6 is 11.3 Å². The fourth-order valence-electron chi connectivity index (χ4n) is 6.89. The van der Waals surface area contributed by atoms with E-state index in [9.17, 15) is 0 Å². The summed E-state index contributed by atoms with van der Waals surface area (Å²) in [6.45, 7) is 4.66. The predicted octanol–water partition coefficient (Wildman–Crippen LogP) is 11.6. The number of benzene rings is 6. The van der Waals surface area contributed by atoms with E-state index in [1.54, 1.807) is 11.3 Å². The maximum Gasteiger partial charge on any atom is 0.137 e. The second kappa shape index (κ2) is 9.40. The molecule has 0 amide bonds. The van der Waals surface area contributed by atoms with Gasteiger partial charge in [0.15, 0.2) is 0 Å². The number of anilines is 3. The van der Waals surface area contributed by atoms with E-state index < -0.39 is 0 Å². The molecule has 0 unspecified atom stereocenters. The highest BCUT2D eigenvalue weighted by Crippen LogP contribution is 2.51. The maximum atomic E-state index is 6.35. The summed E-state index contributed by atoms with van der Waals surface area (Å²) in [7, 11) is 0. The normalized spacial score (nSPS) is 13.4. The van der Waals surface area contributed by atoms with Gasteiger partial charge in [0.05, 0.1) is 10.2 Å². The minimum atomic E-state index is -0.0975. The first-order chi connectivity index (χ1) is 21.5. The molecule has 0 saturated heterocycles. The zero-order valence-electron chi connectivity index (χ0n) is 24.4. The molecule has 2 heterocycles. The summed E-state index contributed by atoms with van der Waals surface area (Å²) < 4.78 is 7.52. The Hall–Kier alpha value is -5.19. The quantitative estimate of drug-likeness (QED) is 0.206. The number of fused-ring (bicyclic) bond motifs is 7. The van der Waals surface area contributed by atoms with E-state index in [0.29, 0.717) is 0 Å². The van der Waals surface area contributed by atoms with Gasteiger partial charge in [0, 0.05) is 44.9 Å². The minimum absolute atomic E-state index is 0.0975. The van der Waals surface area contributed by atoms with E-state index in [0.717, 1.165) is 55.1 Å². The van der Waals surface area contributed by atoms with Crippen molar-refractivity contribution in [2.75, 3.05) is 4.90 Å². The first-order valence-electron chi connectivity index (χ1n) is 15.0. The Balaban J connectivity index is 1.24. The van der Waals surface area contributed by atoms with E-state index in [1.807, 2.05) is 18.2 Å². The Kier molecular flexibility index (Phi) is 5.41. The molecule has 1 aliphatic rings. The molecule has 6 aromatic carbocycles. The fraction of sp³-hybridized carbons (Fsp3) is 0.0750. The Morgan fingerprint density at radius 2 is 1.27 bits per heavy atom. The molecule has 0 fully saturated rings. The molecule has 0 spiro atoms. The molecule has 0 N–H and O–H groups in total. The number of rotatable bonds is 4. The first-order valence-corrected chi connectivity index (χ1v) is 15.8. The van der Waals surface area contributed by atoms with Crippen LogP contribution < -0.4 is 4.90 Å². The third-order valence-electron chi connectivity index (χ3n) is 9.10. The number of hydrogen-bond acceptors (Lipinski definition) is 4. The number of furan rings is 1. The Bertz CT molecular complexity index is 2380. The van der Waals surface area contributed by atoms with Gasteiger partial charge in [-0.2, -0.15) is 0 Å². The molecule has 1 aliphatic carbocycles. The SMILES string of the molecule is CC1(C)c2ccccc2-c2ccc(N(c3ccc4sc(-c5ccccc5)nc4c3)c3ccc4c(c3)oc3ccccc34)cc21. The van der Waals surface area contributed by atoms with Gasteiger partial charge in [-0.3, -0.25) is 0 Å². The standard InChI is InChI=1S/C40H28N2OS/c1-40(2)33-14-8-6-12-29(33)30-19-16-26(22-34(30)40)42(28-17-20-32-31-13-7-9-15-36(31)43-37(32)24-28)27-18-21-38-35(23-27)41-39(44-38)25-10-4-3-5-11-25/h3-24H,1-2H3. The number of hydrogen-bond donors (Lipinski definition) is 0.